The van der Waals surface area contributed by atoms with Crippen molar-refractivity contribution in [2.24, 2.45) is 5.92 Å². The Balaban J connectivity index is 0.000000393. The summed E-state index contributed by atoms with van der Waals surface area (Å²) in [6.45, 7) is 8.45. The smallest absolute Gasteiger partial charge is 0.226 e. The minimum absolute atomic E-state index is 0.0950. The first-order valence-corrected chi connectivity index (χ1v) is 12.9. The highest BCUT2D eigenvalue weighted by molar-refractivity contribution is 6.30. The van der Waals surface area contributed by atoms with Gasteiger partial charge in [-0.15, -0.1) is 0 Å². The molecule has 2 aromatic rings. The topological polar surface area (TPSA) is 49.4 Å². The van der Waals surface area contributed by atoms with Crippen molar-refractivity contribution in [1.82, 2.24) is 10.2 Å². The first kappa shape index (κ1) is 30.2. The molecule has 1 fully saturated rings. The molecule has 0 bridgehead atoms. The number of likely N-dealkylation sites (tertiary alicyclic amines) is 1. The molecule has 1 aliphatic rings. The van der Waals surface area contributed by atoms with Gasteiger partial charge < -0.3 is 15.0 Å². The second kappa shape index (κ2) is 16.7. The van der Waals surface area contributed by atoms with Crippen LogP contribution in [0.4, 0.5) is 0 Å². The number of carbonyl (C=O) groups is 2. The van der Waals surface area contributed by atoms with Crippen LogP contribution in [0.25, 0.3) is 0 Å². The first-order valence-electron chi connectivity index (χ1n) is 12.2. The molecule has 1 saturated heterocycles. The maximum absolute atomic E-state index is 12.9. The molecule has 0 aliphatic carbocycles. The van der Waals surface area contributed by atoms with Crippen LogP contribution in [0.2, 0.25) is 10.0 Å². The molecule has 1 N–H and O–H groups in total. The number of carbonyl (C=O) groups excluding carboxylic acids is 2. The highest BCUT2D eigenvalue weighted by Crippen LogP contribution is 2.38. The third-order valence-electron chi connectivity index (χ3n) is 6.01. The summed E-state index contributed by atoms with van der Waals surface area (Å²) in [6.07, 6.45) is 4.75. The molecule has 2 unspecified atom stereocenters. The van der Waals surface area contributed by atoms with Crippen molar-refractivity contribution in [3.63, 3.8) is 0 Å². The van der Waals surface area contributed by atoms with Gasteiger partial charge in [0, 0.05) is 34.5 Å². The molecule has 1 aliphatic heterocycles. The molecule has 1 heterocycles. The van der Waals surface area contributed by atoms with Crippen LogP contribution in [-0.2, 0) is 9.59 Å². The van der Waals surface area contributed by atoms with Crippen LogP contribution in [0.5, 0.6) is 0 Å². The average molecular weight is 508 g/mol. The van der Waals surface area contributed by atoms with Crippen molar-refractivity contribution in [3.8, 4) is 0 Å². The lowest BCUT2D eigenvalue weighted by atomic mass is 9.85. The average Bonchev–Trinajstić information content (AvgIpc) is 2.84. The van der Waals surface area contributed by atoms with Crippen molar-refractivity contribution in [2.75, 3.05) is 7.05 Å². The molecule has 0 radical (unpaired) electrons. The lowest BCUT2D eigenvalue weighted by molar-refractivity contribution is -0.146. The van der Waals surface area contributed by atoms with Crippen molar-refractivity contribution in [3.05, 3.63) is 70.2 Å². The van der Waals surface area contributed by atoms with Crippen LogP contribution in [0.15, 0.2) is 54.6 Å². The summed E-state index contributed by atoms with van der Waals surface area (Å²) in [4.78, 5) is 25.7. The summed E-state index contributed by atoms with van der Waals surface area (Å²) in [5.74, 6) is -0.0198. The fourth-order valence-electron chi connectivity index (χ4n) is 3.86. The summed E-state index contributed by atoms with van der Waals surface area (Å²) in [6, 6.07) is 18.2. The predicted octanol–water partition coefficient (Wildman–Crippen LogP) is 7.35. The van der Waals surface area contributed by atoms with Crippen LogP contribution in [-0.4, -0.2) is 36.2 Å². The summed E-state index contributed by atoms with van der Waals surface area (Å²) in [5, 5.41) is 4.53. The fourth-order valence-corrected chi connectivity index (χ4v) is 4.14. The Morgan fingerprint density at radius 3 is 1.91 bits per heavy atom. The maximum Gasteiger partial charge on any atom is 0.226 e. The van der Waals surface area contributed by atoms with Crippen molar-refractivity contribution in [2.45, 2.75) is 77.9 Å². The van der Waals surface area contributed by atoms with E-state index in [-0.39, 0.29) is 23.9 Å². The van der Waals surface area contributed by atoms with Crippen LogP contribution in [0.3, 0.4) is 0 Å². The monoisotopic (exact) mass is 506 g/mol. The maximum atomic E-state index is 12.9. The van der Waals surface area contributed by atoms with E-state index in [1.807, 2.05) is 66.5 Å². The van der Waals surface area contributed by atoms with Gasteiger partial charge in [0.1, 0.15) is 6.29 Å². The number of nitrogens with zero attached hydrogens (tertiary/aromatic N) is 1. The Bertz CT molecular complexity index is 824. The van der Waals surface area contributed by atoms with Gasteiger partial charge >= 0.3 is 0 Å². The summed E-state index contributed by atoms with van der Waals surface area (Å²) in [5.41, 5.74) is 1.13. The number of benzene rings is 2. The molecule has 188 valence electrons. The largest absolute Gasteiger partial charge is 0.332 e. The molecule has 2 aromatic carbocycles. The molecule has 6 heteroatoms. The van der Waals surface area contributed by atoms with E-state index in [9.17, 15) is 9.59 Å². The van der Waals surface area contributed by atoms with Gasteiger partial charge in [0.2, 0.25) is 5.91 Å². The van der Waals surface area contributed by atoms with Gasteiger partial charge in [0.05, 0.1) is 6.04 Å². The van der Waals surface area contributed by atoms with Crippen molar-refractivity contribution >= 4 is 35.4 Å². The number of rotatable bonds is 7. The van der Waals surface area contributed by atoms with Crippen LogP contribution < -0.4 is 5.32 Å². The number of hydrogen-bond acceptors (Lipinski definition) is 3. The Hall–Kier alpha value is -1.88. The van der Waals surface area contributed by atoms with E-state index >= 15 is 0 Å². The van der Waals surface area contributed by atoms with Crippen molar-refractivity contribution < 1.29 is 9.59 Å². The van der Waals surface area contributed by atoms with Crippen LogP contribution in [0.1, 0.15) is 71.4 Å². The molecule has 2 atom stereocenters. The normalized spacial score (nSPS) is 17.6. The molecule has 1 amide bonds. The van der Waals surface area contributed by atoms with Gasteiger partial charge in [0.25, 0.3) is 0 Å². The summed E-state index contributed by atoms with van der Waals surface area (Å²) in [7, 11) is 1.95. The first-order chi connectivity index (χ1) is 16.3. The number of halogens is 2. The molecular weight excluding hydrogens is 467 g/mol. The van der Waals surface area contributed by atoms with E-state index in [4.69, 9.17) is 23.2 Å². The van der Waals surface area contributed by atoms with Crippen LogP contribution >= 0.6 is 23.2 Å². The second-order valence-electron chi connectivity index (χ2n) is 8.70. The van der Waals surface area contributed by atoms with E-state index in [0.29, 0.717) is 17.5 Å². The quantitative estimate of drug-likeness (QED) is 0.399. The minimum Gasteiger partial charge on any atom is -0.332 e. The zero-order valence-corrected chi connectivity index (χ0v) is 22.6. The van der Waals surface area contributed by atoms with E-state index in [1.54, 1.807) is 0 Å². The highest BCUT2D eigenvalue weighted by atomic mass is 35.5. The highest BCUT2D eigenvalue weighted by Gasteiger charge is 2.38. The molecule has 34 heavy (non-hydrogen) atoms. The van der Waals surface area contributed by atoms with Crippen molar-refractivity contribution in [1.29, 1.82) is 0 Å². The Morgan fingerprint density at radius 1 is 0.971 bits per heavy atom. The molecule has 3 rings (SSSR count). The van der Waals surface area contributed by atoms with E-state index in [2.05, 4.69) is 33.0 Å². The Kier molecular flexibility index (Phi) is 14.8. The minimum atomic E-state index is -0.151. The SMILES string of the molecule is CCC(CC)N1C(=O)C(CC=O)CCC1c1ccc(Cl)cc1.CNC(C)C.Clc1ccccc1. The molecular formula is C28H40Cl2N2O2. The van der Waals surface area contributed by atoms with Gasteiger partial charge in [-0.2, -0.15) is 0 Å². The van der Waals surface area contributed by atoms with Gasteiger partial charge in [-0.05, 0) is 62.6 Å². The third-order valence-corrected chi connectivity index (χ3v) is 6.51. The standard InChI is InChI=1S/C18H24ClNO2.C6H5Cl.C4H11N/c1-3-16(4-2)20-17(13-5-8-15(19)9-6-13)10-7-14(11-12-21)18(20)22;7-6-4-2-1-3-5-6;1-4(2)5-3/h5-6,8-9,12,14,16-17H,3-4,7,10-11H2,1-2H3;1-5H;4-5H,1-3H3. The number of amides is 1. The Morgan fingerprint density at radius 2 is 1.50 bits per heavy atom. The number of piperidine rings is 1. The second-order valence-corrected chi connectivity index (χ2v) is 9.57. The lowest BCUT2D eigenvalue weighted by Gasteiger charge is -2.43. The zero-order valence-electron chi connectivity index (χ0n) is 21.1. The zero-order chi connectivity index (χ0) is 25.5. The summed E-state index contributed by atoms with van der Waals surface area (Å²) < 4.78 is 0. The summed E-state index contributed by atoms with van der Waals surface area (Å²) >= 11 is 11.5. The van der Waals surface area contributed by atoms with Gasteiger partial charge in [-0.25, -0.2) is 0 Å². The van der Waals surface area contributed by atoms with E-state index < -0.39 is 0 Å². The molecule has 0 aromatic heterocycles. The van der Waals surface area contributed by atoms with Gasteiger partial charge in [-0.3, -0.25) is 4.79 Å². The number of hydrogen-bond donors (Lipinski definition) is 1. The number of aldehydes is 1. The third kappa shape index (κ3) is 10.2. The molecule has 4 nitrogen and oxygen atoms in total. The molecule has 0 saturated carbocycles. The molecule has 0 spiro atoms. The fraction of sp³-hybridized carbons (Fsp3) is 0.500. The lowest BCUT2D eigenvalue weighted by Crippen LogP contribution is -2.48. The van der Waals surface area contributed by atoms with E-state index in [0.717, 1.165) is 42.6 Å². The predicted molar refractivity (Wildman–Crippen MR) is 144 cm³/mol. The van der Waals surface area contributed by atoms with E-state index in [1.165, 1.54) is 0 Å². The Labute approximate surface area is 216 Å². The van der Waals surface area contributed by atoms with Gasteiger partial charge in [-0.1, -0.05) is 81.2 Å². The number of nitrogens with one attached hydrogen (secondary N) is 1. The van der Waals surface area contributed by atoms with Gasteiger partial charge in [0.15, 0.2) is 0 Å². The van der Waals surface area contributed by atoms with Crippen LogP contribution in [0, 0.1) is 5.92 Å².